The van der Waals surface area contributed by atoms with Crippen LogP contribution in [0.5, 0.6) is 0 Å². The first kappa shape index (κ1) is 22.2. The molecule has 0 aliphatic rings. The van der Waals surface area contributed by atoms with E-state index in [4.69, 9.17) is 16.3 Å². The minimum absolute atomic E-state index is 0.0546. The number of carbonyl (C=O) groups excluding carboxylic acids is 1. The SMILES string of the molecule is CC(C)(C)OC(=O)NCCc1nc2cccc(Cl)c2c(=O)n1-c1cc(F)cc(C#N)c1. The molecule has 1 heterocycles. The van der Waals surface area contributed by atoms with Crippen molar-refractivity contribution in [2.75, 3.05) is 6.54 Å². The van der Waals surface area contributed by atoms with Gasteiger partial charge in [0.15, 0.2) is 0 Å². The lowest BCUT2D eigenvalue weighted by Crippen LogP contribution is -2.34. The Labute approximate surface area is 183 Å². The molecule has 31 heavy (non-hydrogen) atoms. The van der Waals surface area contributed by atoms with Crippen LogP contribution in [-0.2, 0) is 11.2 Å². The summed E-state index contributed by atoms with van der Waals surface area (Å²) in [5.74, 6) is -0.400. The molecule has 7 nitrogen and oxygen atoms in total. The highest BCUT2D eigenvalue weighted by Crippen LogP contribution is 2.21. The van der Waals surface area contributed by atoms with E-state index < -0.39 is 23.1 Å². The van der Waals surface area contributed by atoms with Crippen LogP contribution in [0.3, 0.4) is 0 Å². The quantitative estimate of drug-likeness (QED) is 0.655. The highest BCUT2D eigenvalue weighted by Gasteiger charge is 2.18. The predicted molar refractivity (Wildman–Crippen MR) is 115 cm³/mol. The number of nitriles is 1. The molecule has 160 valence electrons. The summed E-state index contributed by atoms with van der Waals surface area (Å²) in [7, 11) is 0. The molecule has 0 aliphatic heterocycles. The molecule has 0 saturated heterocycles. The zero-order valence-electron chi connectivity index (χ0n) is 17.2. The van der Waals surface area contributed by atoms with Crippen molar-refractivity contribution in [3.63, 3.8) is 0 Å². The number of aromatic nitrogens is 2. The number of hydrogen-bond acceptors (Lipinski definition) is 5. The molecule has 9 heteroatoms. The van der Waals surface area contributed by atoms with Gasteiger partial charge in [0.05, 0.1) is 33.2 Å². The van der Waals surface area contributed by atoms with Gasteiger partial charge in [-0.3, -0.25) is 9.36 Å². The summed E-state index contributed by atoms with van der Waals surface area (Å²) in [6, 6.07) is 10.3. The van der Waals surface area contributed by atoms with Gasteiger partial charge in [0, 0.05) is 13.0 Å². The number of nitrogens with one attached hydrogen (secondary N) is 1. The van der Waals surface area contributed by atoms with Gasteiger partial charge in [-0.15, -0.1) is 0 Å². The summed E-state index contributed by atoms with van der Waals surface area (Å²) in [4.78, 5) is 29.7. The molecule has 1 aromatic heterocycles. The van der Waals surface area contributed by atoms with Gasteiger partial charge in [0.25, 0.3) is 5.56 Å². The van der Waals surface area contributed by atoms with E-state index in [0.29, 0.717) is 5.52 Å². The lowest BCUT2D eigenvalue weighted by Gasteiger charge is -2.20. The largest absolute Gasteiger partial charge is 0.444 e. The summed E-state index contributed by atoms with van der Waals surface area (Å²) in [6.07, 6.45) is -0.460. The van der Waals surface area contributed by atoms with Gasteiger partial charge < -0.3 is 10.1 Å². The molecule has 3 rings (SSSR count). The van der Waals surface area contributed by atoms with Gasteiger partial charge >= 0.3 is 6.09 Å². The Morgan fingerprint density at radius 2 is 2.06 bits per heavy atom. The predicted octanol–water partition coefficient (Wildman–Crippen LogP) is 4.12. The number of benzene rings is 2. The number of carbonyl (C=O) groups is 1. The molecular formula is C22H20ClFN4O3. The summed E-state index contributed by atoms with van der Waals surface area (Å²) in [6.45, 7) is 5.36. The molecule has 0 spiro atoms. The molecule has 1 amide bonds. The maximum absolute atomic E-state index is 14.1. The molecule has 2 aromatic carbocycles. The Kier molecular flexibility index (Phi) is 6.27. The number of nitrogens with zero attached hydrogens (tertiary/aromatic N) is 3. The number of amides is 1. The molecule has 0 bridgehead atoms. The van der Waals surface area contributed by atoms with Crippen molar-refractivity contribution < 1.29 is 13.9 Å². The highest BCUT2D eigenvalue weighted by atomic mass is 35.5. The molecule has 0 fully saturated rings. The van der Waals surface area contributed by atoms with Crippen LogP contribution in [0, 0.1) is 17.1 Å². The number of rotatable bonds is 4. The fraction of sp³-hybridized carbons (Fsp3) is 0.273. The summed E-state index contributed by atoms with van der Waals surface area (Å²) in [5, 5.41) is 12.2. The second kappa shape index (κ2) is 8.74. The van der Waals surface area contributed by atoms with Gasteiger partial charge in [-0.2, -0.15) is 5.26 Å². The second-order valence-corrected chi connectivity index (χ2v) is 8.20. The van der Waals surface area contributed by atoms with Crippen LogP contribution in [0.15, 0.2) is 41.2 Å². The topological polar surface area (TPSA) is 97.0 Å². The van der Waals surface area contributed by atoms with E-state index in [9.17, 15) is 19.2 Å². The van der Waals surface area contributed by atoms with Crippen LogP contribution in [0.25, 0.3) is 16.6 Å². The summed E-state index contributed by atoms with van der Waals surface area (Å²) >= 11 is 6.22. The van der Waals surface area contributed by atoms with E-state index in [0.717, 1.165) is 12.1 Å². The second-order valence-electron chi connectivity index (χ2n) is 7.79. The Morgan fingerprint density at radius 3 is 2.74 bits per heavy atom. The van der Waals surface area contributed by atoms with Crippen LogP contribution in [0.2, 0.25) is 5.02 Å². The Morgan fingerprint density at radius 1 is 1.32 bits per heavy atom. The summed E-state index contributed by atoms with van der Waals surface area (Å²) in [5.41, 5.74) is -0.586. The third kappa shape index (κ3) is 5.19. The van der Waals surface area contributed by atoms with E-state index >= 15 is 0 Å². The lowest BCUT2D eigenvalue weighted by molar-refractivity contribution is 0.0528. The molecule has 0 unspecified atom stereocenters. The minimum atomic E-state index is -0.668. The van der Waals surface area contributed by atoms with E-state index in [1.807, 2.05) is 6.07 Å². The van der Waals surface area contributed by atoms with Crippen LogP contribution in [0.1, 0.15) is 32.2 Å². The molecule has 0 aliphatic carbocycles. The van der Waals surface area contributed by atoms with E-state index in [1.165, 1.54) is 10.6 Å². The van der Waals surface area contributed by atoms with Crippen molar-refractivity contribution in [2.45, 2.75) is 32.8 Å². The summed E-state index contributed by atoms with van der Waals surface area (Å²) < 4.78 is 20.5. The Bertz CT molecular complexity index is 1260. The van der Waals surface area contributed by atoms with E-state index in [-0.39, 0.29) is 40.4 Å². The van der Waals surface area contributed by atoms with E-state index in [1.54, 1.807) is 39.0 Å². The van der Waals surface area contributed by atoms with Crippen molar-refractivity contribution in [3.8, 4) is 11.8 Å². The van der Waals surface area contributed by atoms with Crippen LogP contribution >= 0.6 is 11.6 Å². The minimum Gasteiger partial charge on any atom is -0.444 e. The van der Waals surface area contributed by atoms with Crippen LogP contribution < -0.4 is 10.9 Å². The standard InChI is InChI=1S/C22H20ClFN4O3/c1-22(2,3)31-21(30)26-8-7-18-27-17-6-4-5-16(23)19(17)20(29)28(18)15-10-13(12-25)9-14(24)11-15/h4-6,9-11H,7-8H2,1-3H3,(H,26,30). The maximum Gasteiger partial charge on any atom is 0.407 e. The van der Waals surface area contributed by atoms with Crippen molar-refractivity contribution in [1.29, 1.82) is 5.26 Å². The highest BCUT2D eigenvalue weighted by molar-refractivity contribution is 6.35. The average molecular weight is 443 g/mol. The number of fused-ring (bicyclic) bond motifs is 1. The fourth-order valence-corrected chi connectivity index (χ4v) is 3.28. The third-order valence-electron chi connectivity index (χ3n) is 4.20. The third-order valence-corrected chi connectivity index (χ3v) is 4.52. The van der Waals surface area contributed by atoms with Crippen molar-refractivity contribution in [2.24, 2.45) is 0 Å². The molecule has 0 saturated carbocycles. The van der Waals surface area contributed by atoms with Crippen LogP contribution in [-0.4, -0.2) is 27.8 Å². The van der Waals surface area contributed by atoms with Gasteiger partial charge in [-0.25, -0.2) is 14.2 Å². The normalized spacial score (nSPS) is 11.2. The van der Waals surface area contributed by atoms with Gasteiger partial charge in [-0.1, -0.05) is 17.7 Å². The number of hydrogen-bond donors (Lipinski definition) is 1. The molecule has 0 atom stereocenters. The lowest BCUT2D eigenvalue weighted by atomic mass is 10.2. The molecule has 0 radical (unpaired) electrons. The van der Waals surface area contributed by atoms with Crippen LogP contribution in [0.4, 0.5) is 9.18 Å². The van der Waals surface area contributed by atoms with Gasteiger partial charge in [0.2, 0.25) is 0 Å². The maximum atomic E-state index is 14.1. The first-order chi connectivity index (χ1) is 14.6. The number of alkyl carbamates (subject to hydrolysis) is 1. The van der Waals surface area contributed by atoms with Crippen molar-refractivity contribution in [3.05, 3.63) is 69.0 Å². The zero-order valence-corrected chi connectivity index (χ0v) is 18.0. The fourth-order valence-electron chi connectivity index (χ4n) is 3.03. The first-order valence-electron chi connectivity index (χ1n) is 9.47. The number of ether oxygens (including phenoxy) is 1. The molecule has 1 N–H and O–H groups in total. The monoisotopic (exact) mass is 442 g/mol. The number of halogens is 2. The van der Waals surface area contributed by atoms with E-state index in [2.05, 4.69) is 10.3 Å². The Hall–Kier alpha value is -3.44. The van der Waals surface area contributed by atoms with Crippen molar-refractivity contribution in [1.82, 2.24) is 14.9 Å². The zero-order chi connectivity index (χ0) is 22.8. The molecule has 3 aromatic rings. The van der Waals surface area contributed by atoms with Gasteiger partial charge in [-0.05, 0) is 51.1 Å². The first-order valence-corrected chi connectivity index (χ1v) is 9.85. The Balaban J connectivity index is 2.07. The molecular weight excluding hydrogens is 423 g/mol. The van der Waals surface area contributed by atoms with Crippen molar-refractivity contribution >= 4 is 28.6 Å². The smallest absolute Gasteiger partial charge is 0.407 e. The average Bonchev–Trinajstić information content (AvgIpc) is 2.66. The van der Waals surface area contributed by atoms with Gasteiger partial charge in [0.1, 0.15) is 17.2 Å².